The molecule has 0 saturated carbocycles. The van der Waals surface area contributed by atoms with E-state index in [4.69, 9.17) is 10.5 Å². The molecule has 1 aromatic carbocycles. The molecule has 2 aromatic heterocycles. The molecule has 25 heavy (non-hydrogen) atoms. The Kier molecular flexibility index (Phi) is 4.82. The van der Waals surface area contributed by atoms with Crippen LogP contribution in [-0.4, -0.2) is 23.9 Å². The topological polar surface area (TPSA) is 98.5 Å². The largest absolute Gasteiger partial charge is 0.448 e. The number of nitrogens with two attached hydrogens (primary N) is 1. The molecule has 0 unspecified atom stereocenters. The molecule has 0 aliphatic carbocycles. The van der Waals surface area contributed by atoms with Gasteiger partial charge in [0.25, 0.3) is 11.8 Å². The molecule has 1 atom stereocenters. The van der Waals surface area contributed by atoms with Gasteiger partial charge in [0, 0.05) is 4.70 Å². The van der Waals surface area contributed by atoms with Gasteiger partial charge in [-0.15, -0.1) is 22.7 Å². The minimum absolute atomic E-state index is 0.224. The molecule has 0 spiro atoms. The zero-order valence-corrected chi connectivity index (χ0v) is 14.8. The van der Waals surface area contributed by atoms with Gasteiger partial charge in [-0.2, -0.15) is 0 Å². The number of thiophene rings is 2. The summed E-state index contributed by atoms with van der Waals surface area (Å²) in [4.78, 5) is 36.1. The van der Waals surface area contributed by atoms with Crippen LogP contribution in [0.2, 0.25) is 0 Å². The van der Waals surface area contributed by atoms with Crippen LogP contribution in [-0.2, 0) is 9.53 Å². The average Bonchev–Trinajstić information content (AvgIpc) is 3.20. The van der Waals surface area contributed by atoms with E-state index in [9.17, 15) is 14.4 Å². The smallest absolute Gasteiger partial charge is 0.349 e. The maximum atomic E-state index is 12.2. The molecule has 8 heteroatoms. The van der Waals surface area contributed by atoms with Crippen molar-refractivity contribution in [3.05, 3.63) is 52.2 Å². The maximum Gasteiger partial charge on any atom is 0.349 e. The number of esters is 1. The fraction of sp³-hybridized carbons (Fsp3) is 0.118. The SMILES string of the molecule is C[C@@H](OC(=O)c1cc2ccccc2s1)C(=O)Nc1sccc1C(N)=O. The summed E-state index contributed by atoms with van der Waals surface area (Å²) in [6, 6.07) is 10.9. The van der Waals surface area contributed by atoms with E-state index >= 15 is 0 Å². The van der Waals surface area contributed by atoms with Gasteiger partial charge in [0.15, 0.2) is 6.10 Å². The molecule has 2 heterocycles. The number of benzene rings is 1. The third kappa shape index (κ3) is 3.70. The summed E-state index contributed by atoms with van der Waals surface area (Å²) >= 11 is 2.48. The van der Waals surface area contributed by atoms with Crippen LogP contribution in [0.4, 0.5) is 5.00 Å². The Bertz CT molecular complexity index is 927. The molecule has 0 saturated heterocycles. The number of nitrogens with one attached hydrogen (secondary N) is 1. The van der Waals surface area contributed by atoms with Crippen molar-refractivity contribution in [3.63, 3.8) is 0 Å². The highest BCUT2D eigenvalue weighted by Gasteiger charge is 2.22. The van der Waals surface area contributed by atoms with Crippen LogP contribution in [0.15, 0.2) is 41.8 Å². The first-order valence-corrected chi connectivity index (χ1v) is 9.03. The summed E-state index contributed by atoms with van der Waals surface area (Å²) in [6.07, 6.45) is -1.01. The van der Waals surface area contributed by atoms with Crippen LogP contribution in [0.3, 0.4) is 0 Å². The highest BCUT2D eigenvalue weighted by Crippen LogP contribution is 2.26. The van der Waals surface area contributed by atoms with Gasteiger partial charge in [-0.1, -0.05) is 18.2 Å². The first kappa shape index (κ1) is 17.1. The van der Waals surface area contributed by atoms with Gasteiger partial charge in [-0.25, -0.2) is 4.79 Å². The number of primary amides is 1. The monoisotopic (exact) mass is 374 g/mol. The van der Waals surface area contributed by atoms with Crippen molar-refractivity contribution >= 4 is 55.5 Å². The number of hydrogen-bond donors (Lipinski definition) is 2. The Morgan fingerprint density at radius 2 is 1.96 bits per heavy atom. The van der Waals surface area contributed by atoms with E-state index in [1.807, 2.05) is 24.3 Å². The third-order valence-corrected chi connectivity index (χ3v) is 5.37. The highest BCUT2D eigenvalue weighted by atomic mass is 32.1. The Labute approximate surface area is 151 Å². The summed E-state index contributed by atoms with van der Waals surface area (Å²) in [5, 5.41) is 5.48. The lowest BCUT2D eigenvalue weighted by molar-refractivity contribution is -0.123. The molecule has 3 rings (SSSR count). The standard InChI is InChI=1S/C17H14N2O4S2/c1-9(15(21)19-16-11(14(18)20)6-7-24-16)23-17(22)13-8-10-4-2-3-5-12(10)25-13/h2-9H,1H3,(H2,18,20)(H,19,21)/t9-/m1/s1. The van der Waals surface area contributed by atoms with Gasteiger partial charge in [0.2, 0.25) is 0 Å². The molecule has 0 radical (unpaired) electrons. The third-order valence-electron chi connectivity index (χ3n) is 3.45. The molecule has 128 valence electrons. The van der Waals surface area contributed by atoms with E-state index in [-0.39, 0.29) is 5.56 Å². The second kappa shape index (κ2) is 7.04. The van der Waals surface area contributed by atoms with E-state index in [1.165, 1.54) is 35.7 Å². The number of fused-ring (bicyclic) bond motifs is 1. The average molecular weight is 374 g/mol. The van der Waals surface area contributed by atoms with E-state index in [0.717, 1.165) is 10.1 Å². The van der Waals surface area contributed by atoms with Gasteiger partial charge in [-0.05, 0) is 35.9 Å². The summed E-state index contributed by atoms with van der Waals surface area (Å²) < 4.78 is 6.19. The lowest BCUT2D eigenvalue weighted by Crippen LogP contribution is -2.30. The van der Waals surface area contributed by atoms with Gasteiger partial charge in [0.1, 0.15) is 9.88 Å². The number of anilines is 1. The number of carbonyl (C=O) groups excluding carboxylic acids is 3. The Hall–Kier alpha value is -2.71. The Balaban J connectivity index is 1.67. The number of carbonyl (C=O) groups is 3. The molecule has 2 amide bonds. The van der Waals surface area contributed by atoms with Gasteiger partial charge in [-0.3, -0.25) is 9.59 Å². The lowest BCUT2D eigenvalue weighted by Gasteiger charge is -2.12. The van der Waals surface area contributed by atoms with Crippen molar-refractivity contribution in [2.45, 2.75) is 13.0 Å². The highest BCUT2D eigenvalue weighted by molar-refractivity contribution is 7.20. The molecular formula is C17H14N2O4S2. The Morgan fingerprint density at radius 3 is 2.68 bits per heavy atom. The first-order valence-electron chi connectivity index (χ1n) is 7.33. The van der Waals surface area contributed by atoms with Crippen molar-refractivity contribution in [1.29, 1.82) is 0 Å². The first-order chi connectivity index (χ1) is 12.0. The van der Waals surface area contributed by atoms with Crippen LogP contribution in [0.25, 0.3) is 10.1 Å². The molecule has 3 N–H and O–H groups in total. The van der Waals surface area contributed by atoms with Crippen molar-refractivity contribution in [2.24, 2.45) is 5.73 Å². The normalized spacial score (nSPS) is 11.9. The van der Waals surface area contributed by atoms with Gasteiger partial charge >= 0.3 is 5.97 Å². The predicted molar refractivity (Wildman–Crippen MR) is 98.2 cm³/mol. The van der Waals surface area contributed by atoms with Crippen LogP contribution >= 0.6 is 22.7 Å². The van der Waals surface area contributed by atoms with E-state index in [0.29, 0.717) is 9.88 Å². The molecular weight excluding hydrogens is 360 g/mol. The Morgan fingerprint density at radius 1 is 1.20 bits per heavy atom. The van der Waals surface area contributed by atoms with E-state index in [2.05, 4.69) is 5.32 Å². The number of rotatable bonds is 5. The van der Waals surface area contributed by atoms with Gasteiger partial charge in [0.05, 0.1) is 5.56 Å². The van der Waals surface area contributed by atoms with E-state index < -0.39 is 23.9 Å². The summed E-state index contributed by atoms with van der Waals surface area (Å²) in [5.41, 5.74) is 5.46. The summed E-state index contributed by atoms with van der Waals surface area (Å²) in [6.45, 7) is 1.47. The second-order valence-electron chi connectivity index (χ2n) is 5.21. The summed E-state index contributed by atoms with van der Waals surface area (Å²) in [7, 11) is 0. The minimum atomic E-state index is -1.01. The number of amides is 2. The summed E-state index contributed by atoms with van der Waals surface area (Å²) in [5.74, 6) is -1.73. The van der Waals surface area contributed by atoms with Crippen molar-refractivity contribution < 1.29 is 19.1 Å². The second-order valence-corrected chi connectivity index (χ2v) is 7.21. The lowest BCUT2D eigenvalue weighted by atomic mass is 10.2. The number of ether oxygens (including phenoxy) is 1. The zero-order valence-electron chi connectivity index (χ0n) is 13.1. The maximum absolute atomic E-state index is 12.2. The molecule has 0 aliphatic heterocycles. The predicted octanol–water partition coefficient (Wildman–Crippen LogP) is 3.25. The van der Waals surface area contributed by atoms with Crippen molar-refractivity contribution in [3.8, 4) is 0 Å². The zero-order chi connectivity index (χ0) is 18.0. The van der Waals surface area contributed by atoms with Crippen molar-refractivity contribution in [2.75, 3.05) is 5.32 Å². The fourth-order valence-corrected chi connectivity index (χ4v) is 3.91. The molecule has 0 fully saturated rings. The molecule has 6 nitrogen and oxygen atoms in total. The molecule has 3 aromatic rings. The molecule has 0 bridgehead atoms. The van der Waals surface area contributed by atoms with Gasteiger partial charge < -0.3 is 15.8 Å². The van der Waals surface area contributed by atoms with Crippen LogP contribution in [0.1, 0.15) is 27.0 Å². The van der Waals surface area contributed by atoms with E-state index in [1.54, 1.807) is 11.4 Å². The van der Waals surface area contributed by atoms with Crippen LogP contribution in [0, 0.1) is 0 Å². The van der Waals surface area contributed by atoms with Crippen LogP contribution < -0.4 is 11.1 Å². The van der Waals surface area contributed by atoms with Crippen molar-refractivity contribution in [1.82, 2.24) is 0 Å². The minimum Gasteiger partial charge on any atom is -0.448 e. The van der Waals surface area contributed by atoms with Crippen LogP contribution in [0.5, 0.6) is 0 Å². The number of hydrogen-bond acceptors (Lipinski definition) is 6. The molecule has 0 aliphatic rings. The fourth-order valence-electron chi connectivity index (χ4n) is 2.17. The quantitative estimate of drug-likeness (QED) is 0.670.